The lowest BCUT2D eigenvalue weighted by Gasteiger charge is -2.21. The van der Waals surface area contributed by atoms with Crippen LogP contribution in [0.4, 0.5) is 5.69 Å². The number of nitrogens with two attached hydrogens (primary N) is 1. The van der Waals surface area contributed by atoms with Gasteiger partial charge >= 0.3 is 0 Å². The Morgan fingerprint density at radius 2 is 1.73 bits per heavy atom. The second-order valence-corrected chi connectivity index (χ2v) is 8.68. The quantitative estimate of drug-likeness (QED) is 0.706. The van der Waals surface area contributed by atoms with Crippen LogP contribution < -0.4 is 5.73 Å². The lowest BCUT2D eigenvalue weighted by atomic mass is 9.99. The van der Waals surface area contributed by atoms with Crippen LogP contribution >= 0.6 is 0 Å². The topological polar surface area (TPSA) is 79.0 Å². The van der Waals surface area contributed by atoms with Crippen molar-refractivity contribution in [3.8, 4) is 11.1 Å². The Hall–Kier alpha value is -3.41. The summed E-state index contributed by atoms with van der Waals surface area (Å²) in [7, 11) is 0. The predicted molar refractivity (Wildman–Crippen MR) is 133 cm³/mol. The van der Waals surface area contributed by atoms with E-state index in [0.29, 0.717) is 24.4 Å². The van der Waals surface area contributed by atoms with Crippen LogP contribution in [-0.2, 0) is 4.79 Å². The van der Waals surface area contributed by atoms with E-state index in [0.717, 1.165) is 66.8 Å². The van der Waals surface area contributed by atoms with Crippen molar-refractivity contribution in [3.63, 3.8) is 0 Å². The minimum absolute atomic E-state index is 0.0210. The SMILES string of the molecule is CCCN(CC)C(=O)C1=Cc2ccc(-c3ccc(C(=O)N4CCCC4)cc3)cc2N=C(N)C1. The van der Waals surface area contributed by atoms with Crippen molar-refractivity contribution in [2.45, 2.75) is 39.5 Å². The van der Waals surface area contributed by atoms with Crippen molar-refractivity contribution in [2.75, 3.05) is 26.2 Å². The zero-order valence-corrected chi connectivity index (χ0v) is 19.5. The third-order valence-electron chi connectivity index (χ3n) is 6.29. The molecule has 0 aliphatic carbocycles. The Morgan fingerprint density at radius 3 is 2.39 bits per heavy atom. The summed E-state index contributed by atoms with van der Waals surface area (Å²) < 4.78 is 0. The Bertz CT molecular complexity index is 1100. The largest absolute Gasteiger partial charge is 0.387 e. The molecule has 6 heteroatoms. The van der Waals surface area contributed by atoms with Crippen molar-refractivity contribution in [1.82, 2.24) is 9.80 Å². The Kier molecular flexibility index (Phi) is 6.92. The normalized spacial score (nSPS) is 15.4. The van der Waals surface area contributed by atoms with Crippen molar-refractivity contribution in [3.05, 3.63) is 59.2 Å². The summed E-state index contributed by atoms with van der Waals surface area (Å²) in [6.45, 7) is 7.15. The van der Waals surface area contributed by atoms with Gasteiger partial charge in [-0.3, -0.25) is 9.59 Å². The number of benzene rings is 2. The number of hydrogen-bond donors (Lipinski definition) is 1. The Balaban J connectivity index is 1.59. The summed E-state index contributed by atoms with van der Waals surface area (Å²) >= 11 is 0. The van der Waals surface area contributed by atoms with Gasteiger partial charge in [0.25, 0.3) is 5.91 Å². The molecule has 0 aromatic heterocycles. The molecule has 0 atom stereocenters. The molecule has 2 heterocycles. The highest BCUT2D eigenvalue weighted by Gasteiger charge is 2.21. The van der Waals surface area contributed by atoms with E-state index in [-0.39, 0.29) is 11.8 Å². The van der Waals surface area contributed by atoms with Gasteiger partial charge in [0.15, 0.2) is 0 Å². The summed E-state index contributed by atoms with van der Waals surface area (Å²) in [5.74, 6) is 0.558. The molecule has 2 aliphatic rings. The van der Waals surface area contributed by atoms with Gasteiger partial charge in [-0.1, -0.05) is 31.2 Å². The van der Waals surface area contributed by atoms with Crippen LogP contribution in [0.25, 0.3) is 17.2 Å². The first-order chi connectivity index (χ1) is 16.0. The van der Waals surface area contributed by atoms with Crippen LogP contribution in [0, 0.1) is 0 Å². The van der Waals surface area contributed by atoms with Gasteiger partial charge in [0, 0.05) is 49.3 Å². The third kappa shape index (κ3) is 5.00. The molecule has 2 amide bonds. The number of likely N-dealkylation sites (N-methyl/N-ethyl adjacent to an activating group) is 1. The van der Waals surface area contributed by atoms with Crippen molar-refractivity contribution in [2.24, 2.45) is 10.7 Å². The minimum atomic E-state index is 0.0210. The minimum Gasteiger partial charge on any atom is -0.387 e. The predicted octanol–water partition coefficient (Wildman–Crippen LogP) is 4.62. The molecule has 0 saturated carbocycles. The summed E-state index contributed by atoms with van der Waals surface area (Å²) in [4.78, 5) is 34.0. The molecule has 2 N–H and O–H groups in total. The molecule has 2 aromatic carbocycles. The molecule has 1 fully saturated rings. The van der Waals surface area contributed by atoms with Gasteiger partial charge in [0.05, 0.1) is 5.69 Å². The molecule has 4 rings (SSSR count). The number of likely N-dealkylation sites (tertiary alicyclic amines) is 1. The second kappa shape index (κ2) is 10.0. The zero-order chi connectivity index (χ0) is 23.4. The van der Waals surface area contributed by atoms with E-state index in [2.05, 4.69) is 11.9 Å². The van der Waals surface area contributed by atoms with Gasteiger partial charge in [0.1, 0.15) is 5.84 Å². The van der Waals surface area contributed by atoms with E-state index < -0.39 is 0 Å². The highest BCUT2D eigenvalue weighted by atomic mass is 16.2. The number of carbonyl (C=O) groups is 2. The van der Waals surface area contributed by atoms with Crippen LogP contribution in [0.3, 0.4) is 0 Å². The Labute approximate surface area is 195 Å². The lowest BCUT2D eigenvalue weighted by Crippen LogP contribution is -2.33. The first-order valence-electron chi connectivity index (χ1n) is 11.9. The second-order valence-electron chi connectivity index (χ2n) is 8.68. The fourth-order valence-electron chi connectivity index (χ4n) is 4.49. The van der Waals surface area contributed by atoms with Crippen molar-refractivity contribution >= 4 is 29.4 Å². The molecule has 0 radical (unpaired) electrons. The number of hydrogen-bond acceptors (Lipinski definition) is 4. The summed E-state index contributed by atoms with van der Waals surface area (Å²) in [5.41, 5.74) is 11.2. The number of amidine groups is 1. The Morgan fingerprint density at radius 1 is 1.03 bits per heavy atom. The number of aliphatic imine (C=N–C) groups is 1. The molecule has 33 heavy (non-hydrogen) atoms. The molecule has 0 unspecified atom stereocenters. The molecule has 0 bridgehead atoms. The van der Waals surface area contributed by atoms with E-state index in [1.54, 1.807) is 0 Å². The van der Waals surface area contributed by atoms with Gasteiger partial charge < -0.3 is 15.5 Å². The number of carbonyl (C=O) groups excluding carboxylic acids is 2. The maximum atomic E-state index is 13.0. The summed E-state index contributed by atoms with van der Waals surface area (Å²) in [6, 6.07) is 13.7. The van der Waals surface area contributed by atoms with Crippen LogP contribution in [0.2, 0.25) is 0 Å². The van der Waals surface area contributed by atoms with Crippen LogP contribution in [0.15, 0.2) is 53.0 Å². The fourth-order valence-corrected chi connectivity index (χ4v) is 4.49. The maximum absolute atomic E-state index is 13.0. The van der Waals surface area contributed by atoms with Crippen molar-refractivity contribution < 1.29 is 9.59 Å². The van der Waals surface area contributed by atoms with Gasteiger partial charge in [-0.15, -0.1) is 0 Å². The highest BCUT2D eigenvalue weighted by Crippen LogP contribution is 2.32. The van der Waals surface area contributed by atoms with E-state index in [9.17, 15) is 9.59 Å². The molecule has 172 valence electrons. The first kappa shape index (κ1) is 22.8. The average Bonchev–Trinajstić information content (AvgIpc) is 3.31. The smallest absolute Gasteiger partial charge is 0.253 e. The third-order valence-corrected chi connectivity index (χ3v) is 6.29. The van der Waals surface area contributed by atoms with E-state index in [1.165, 1.54) is 0 Å². The standard InChI is InChI=1S/C27H32N4O2/c1-3-13-30(4-2)27(33)23-16-22-12-11-21(17-24(22)29-25(28)18-23)19-7-9-20(10-8-19)26(32)31-14-5-6-15-31/h7-12,16-17H,3-6,13-15,18H2,1-2H3,(H2,28,29). The van der Waals surface area contributed by atoms with Gasteiger partial charge in [0.2, 0.25) is 5.91 Å². The van der Waals surface area contributed by atoms with E-state index in [4.69, 9.17) is 5.73 Å². The van der Waals surface area contributed by atoms with E-state index in [1.807, 2.05) is 65.3 Å². The fraction of sp³-hybridized carbons (Fsp3) is 0.370. The summed E-state index contributed by atoms with van der Waals surface area (Å²) in [5, 5.41) is 0. The molecule has 1 saturated heterocycles. The van der Waals surface area contributed by atoms with Crippen LogP contribution in [0.1, 0.15) is 55.5 Å². The average molecular weight is 445 g/mol. The number of nitrogens with zero attached hydrogens (tertiary/aromatic N) is 3. The molecule has 2 aliphatic heterocycles. The van der Waals surface area contributed by atoms with Crippen LogP contribution in [-0.4, -0.2) is 53.6 Å². The molecular weight excluding hydrogens is 412 g/mol. The monoisotopic (exact) mass is 444 g/mol. The van der Waals surface area contributed by atoms with Crippen LogP contribution in [0.5, 0.6) is 0 Å². The zero-order valence-electron chi connectivity index (χ0n) is 19.5. The molecular formula is C27H32N4O2. The molecule has 2 aromatic rings. The van der Waals surface area contributed by atoms with E-state index >= 15 is 0 Å². The lowest BCUT2D eigenvalue weighted by molar-refractivity contribution is -0.126. The molecule has 0 spiro atoms. The summed E-state index contributed by atoms with van der Waals surface area (Å²) in [6.07, 6.45) is 5.34. The van der Waals surface area contributed by atoms with Gasteiger partial charge in [-0.25, -0.2) is 4.99 Å². The van der Waals surface area contributed by atoms with Gasteiger partial charge in [-0.2, -0.15) is 0 Å². The number of fused-ring (bicyclic) bond motifs is 1. The first-order valence-corrected chi connectivity index (χ1v) is 11.9. The van der Waals surface area contributed by atoms with Gasteiger partial charge in [-0.05, 0) is 61.6 Å². The number of rotatable bonds is 6. The highest BCUT2D eigenvalue weighted by molar-refractivity contribution is 6.05. The molecule has 6 nitrogen and oxygen atoms in total. The van der Waals surface area contributed by atoms with Crippen molar-refractivity contribution in [1.29, 1.82) is 0 Å². The number of amides is 2. The maximum Gasteiger partial charge on any atom is 0.253 e.